The zero-order valence-corrected chi connectivity index (χ0v) is 10.7. The van der Waals surface area contributed by atoms with E-state index >= 15 is 0 Å². The average molecular weight is 256 g/mol. The molecule has 0 radical (unpaired) electrons. The van der Waals surface area contributed by atoms with E-state index in [4.69, 9.17) is 14.4 Å². The lowest BCUT2D eigenvalue weighted by atomic mass is 10.0. The molecule has 0 amide bonds. The summed E-state index contributed by atoms with van der Waals surface area (Å²) in [6.07, 6.45) is 2.36. The number of furan rings is 1. The van der Waals surface area contributed by atoms with Gasteiger partial charge in [-0.2, -0.15) is 5.26 Å². The molecule has 2 heterocycles. The minimum Gasteiger partial charge on any atom is -0.488 e. The van der Waals surface area contributed by atoms with E-state index in [2.05, 4.69) is 11.4 Å². The van der Waals surface area contributed by atoms with Crippen molar-refractivity contribution in [3.8, 4) is 11.8 Å². The van der Waals surface area contributed by atoms with Crippen LogP contribution in [0.5, 0.6) is 5.75 Å². The number of nitrogens with one attached hydrogen (secondary N) is 1. The van der Waals surface area contributed by atoms with Crippen LogP contribution in [-0.2, 0) is 0 Å². The second-order valence-electron chi connectivity index (χ2n) is 4.89. The van der Waals surface area contributed by atoms with Gasteiger partial charge in [-0.3, -0.25) is 0 Å². The second kappa shape index (κ2) is 5.33. The van der Waals surface area contributed by atoms with Gasteiger partial charge in [0, 0.05) is 12.5 Å². The van der Waals surface area contributed by atoms with Gasteiger partial charge >= 0.3 is 0 Å². The van der Waals surface area contributed by atoms with Crippen LogP contribution in [0, 0.1) is 17.2 Å². The largest absolute Gasteiger partial charge is 0.488 e. The van der Waals surface area contributed by atoms with E-state index in [0.717, 1.165) is 18.5 Å². The fraction of sp³-hybridized carbons (Fsp3) is 0.400. The molecule has 0 spiro atoms. The molecular formula is C15H16N2O2. The van der Waals surface area contributed by atoms with Gasteiger partial charge in [0.2, 0.25) is 5.76 Å². The van der Waals surface area contributed by atoms with Crippen LogP contribution in [0.15, 0.2) is 28.7 Å². The van der Waals surface area contributed by atoms with Crippen LogP contribution >= 0.6 is 0 Å². The molecule has 1 unspecified atom stereocenters. The van der Waals surface area contributed by atoms with Gasteiger partial charge in [0.1, 0.15) is 11.7 Å². The molecule has 1 N–H and O–H groups in total. The maximum atomic E-state index is 9.12. The number of rotatable bonds is 3. The van der Waals surface area contributed by atoms with Crippen molar-refractivity contribution in [2.24, 2.45) is 5.92 Å². The van der Waals surface area contributed by atoms with E-state index in [0.29, 0.717) is 23.9 Å². The van der Waals surface area contributed by atoms with Crippen molar-refractivity contribution in [1.29, 1.82) is 5.26 Å². The van der Waals surface area contributed by atoms with E-state index in [9.17, 15) is 0 Å². The number of piperidine rings is 1. The second-order valence-corrected chi connectivity index (χ2v) is 4.89. The summed E-state index contributed by atoms with van der Waals surface area (Å²) in [5, 5.41) is 13.4. The Balaban J connectivity index is 1.81. The minimum absolute atomic E-state index is 0.268. The van der Waals surface area contributed by atoms with Crippen molar-refractivity contribution in [2.75, 3.05) is 19.7 Å². The predicted molar refractivity (Wildman–Crippen MR) is 72.0 cm³/mol. The molecule has 1 aromatic heterocycles. The predicted octanol–water partition coefficient (Wildman–Crippen LogP) is 2.68. The summed E-state index contributed by atoms with van der Waals surface area (Å²) < 4.78 is 11.4. The summed E-state index contributed by atoms with van der Waals surface area (Å²) in [6, 6.07) is 9.66. The number of para-hydroxylation sites is 1. The number of fused-ring (bicyclic) bond motifs is 1. The number of ether oxygens (including phenoxy) is 1. The van der Waals surface area contributed by atoms with Gasteiger partial charge in [-0.05, 0) is 31.5 Å². The molecule has 0 aliphatic carbocycles. The molecule has 3 rings (SSSR count). The highest BCUT2D eigenvalue weighted by atomic mass is 16.5. The smallest absolute Gasteiger partial charge is 0.246 e. The maximum Gasteiger partial charge on any atom is 0.246 e. The lowest BCUT2D eigenvalue weighted by Gasteiger charge is -2.22. The Bertz CT molecular complexity index is 606. The third-order valence-electron chi connectivity index (χ3n) is 3.51. The van der Waals surface area contributed by atoms with Gasteiger partial charge in [0.05, 0.1) is 12.0 Å². The van der Waals surface area contributed by atoms with Crippen molar-refractivity contribution in [3.63, 3.8) is 0 Å². The highest BCUT2D eigenvalue weighted by Crippen LogP contribution is 2.32. The molecule has 1 aliphatic heterocycles. The molecule has 1 atom stereocenters. The van der Waals surface area contributed by atoms with Gasteiger partial charge in [0.25, 0.3) is 0 Å². The topological polar surface area (TPSA) is 58.2 Å². The standard InChI is InChI=1S/C15H16N2O2/c16-8-14-15(12-5-1-2-6-13(12)19-14)18-10-11-4-3-7-17-9-11/h1-2,5-6,11,17H,3-4,7,9-10H2. The average Bonchev–Trinajstić information content (AvgIpc) is 2.84. The van der Waals surface area contributed by atoms with Gasteiger partial charge in [-0.15, -0.1) is 0 Å². The summed E-state index contributed by atoms with van der Waals surface area (Å²) >= 11 is 0. The zero-order valence-electron chi connectivity index (χ0n) is 10.7. The number of nitrogens with zero attached hydrogens (tertiary/aromatic N) is 1. The van der Waals surface area contributed by atoms with Gasteiger partial charge in [-0.25, -0.2) is 0 Å². The first-order chi connectivity index (χ1) is 9.38. The molecule has 2 aromatic rings. The summed E-state index contributed by atoms with van der Waals surface area (Å²) in [4.78, 5) is 0. The number of benzene rings is 1. The highest BCUT2D eigenvalue weighted by molar-refractivity contribution is 5.86. The molecule has 1 saturated heterocycles. The fourth-order valence-corrected chi connectivity index (χ4v) is 2.51. The van der Waals surface area contributed by atoms with Crippen molar-refractivity contribution >= 4 is 11.0 Å². The molecule has 0 bridgehead atoms. The summed E-state index contributed by atoms with van der Waals surface area (Å²) in [5.74, 6) is 1.36. The van der Waals surface area contributed by atoms with Crippen molar-refractivity contribution in [2.45, 2.75) is 12.8 Å². The Morgan fingerprint density at radius 2 is 2.32 bits per heavy atom. The fourth-order valence-electron chi connectivity index (χ4n) is 2.51. The first kappa shape index (κ1) is 12.1. The Morgan fingerprint density at radius 3 is 3.11 bits per heavy atom. The first-order valence-electron chi connectivity index (χ1n) is 6.63. The lowest BCUT2D eigenvalue weighted by molar-refractivity contribution is 0.218. The van der Waals surface area contributed by atoms with Crippen LogP contribution in [0.25, 0.3) is 11.0 Å². The molecule has 4 nitrogen and oxygen atoms in total. The van der Waals surface area contributed by atoms with Crippen molar-refractivity contribution in [1.82, 2.24) is 5.32 Å². The van der Waals surface area contributed by atoms with Crippen LogP contribution in [0.3, 0.4) is 0 Å². The van der Waals surface area contributed by atoms with Crippen molar-refractivity contribution < 1.29 is 9.15 Å². The molecular weight excluding hydrogens is 240 g/mol. The molecule has 1 fully saturated rings. The van der Waals surface area contributed by atoms with E-state index in [1.165, 1.54) is 12.8 Å². The molecule has 1 aromatic carbocycles. The van der Waals surface area contributed by atoms with Crippen LogP contribution in [0.1, 0.15) is 18.6 Å². The molecule has 19 heavy (non-hydrogen) atoms. The van der Waals surface area contributed by atoms with E-state index in [1.807, 2.05) is 24.3 Å². The van der Waals surface area contributed by atoms with E-state index in [-0.39, 0.29) is 5.76 Å². The van der Waals surface area contributed by atoms with Gasteiger partial charge in [0.15, 0.2) is 5.75 Å². The van der Waals surface area contributed by atoms with E-state index in [1.54, 1.807) is 0 Å². The summed E-state index contributed by atoms with van der Waals surface area (Å²) in [7, 11) is 0. The third kappa shape index (κ3) is 2.42. The zero-order chi connectivity index (χ0) is 13.1. The number of hydrogen-bond donors (Lipinski definition) is 1. The Morgan fingerprint density at radius 1 is 1.42 bits per heavy atom. The SMILES string of the molecule is N#Cc1oc2ccccc2c1OCC1CCCNC1. The highest BCUT2D eigenvalue weighted by Gasteiger charge is 2.18. The Hall–Kier alpha value is -1.99. The number of nitriles is 1. The van der Waals surface area contributed by atoms with Crippen LogP contribution < -0.4 is 10.1 Å². The Labute approximate surface area is 112 Å². The minimum atomic E-state index is 0.268. The van der Waals surface area contributed by atoms with Crippen LogP contribution in [0.4, 0.5) is 0 Å². The van der Waals surface area contributed by atoms with Crippen LogP contribution in [0.2, 0.25) is 0 Å². The molecule has 4 heteroatoms. The van der Waals surface area contributed by atoms with Gasteiger partial charge in [-0.1, -0.05) is 12.1 Å². The van der Waals surface area contributed by atoms with Crippen molar-refractivity contribution in [3.05, 3.63) is 30.0 Å². The third-order valence-corrected chi connectivity index (χ3v) is 3.51. The van der Waals surface area contributed by atoms with E-state index < -0.39 is 0 Å². The van der Waals surface area contributed by atoms with Crippen LogP contribution in [-0.4, -0.2) is 19.7 Å². The molecule has 98 valence electrons. The number of hydrogen-bond acceptors (Lipinski definition) is 4. The summed E-state index contributed by atoms with van der Waals surface area (Å²) in [5.41, 5.74) is 0.704. The normalized spacial score (nSPS) is 19.2. The lowest BCUT2D eigenvalue weighted by Crippen LogP contribution is -2.33. The first-order valence-corrected chi connectivity index (χ1v) is 6.63. The van der Waals surface area contributed by atoms with Gasteiger partial charge < -0.3 is 14.5 Å². The Kier molecular flexibility index (Phi) is 3.39. The molecule has 0 saturated carbocycles. The maximum absolute atomic E-state index is 9.12. The summed E-state index contributed by atoms with van der Waals surface area (Å²) in [6.45, 7) is 2.71. The quantitative estimate of drug-likeness (QED) is 0.917. The molecule has 1 aliphatic rings. The monoisotopic (exact) mass is 256 g/mol.